The molecule has 4 amide bonds. The van der Waals surface area contributed by atoms with Crippen molar-refractivity contribution in [3.8, 4) is 0 Å². The van der Waals surface area contributed by atoms with Crippen molar-refractivity contribution in [3.05, 3.63) is 0 Å². The van der Waals surface area contributed by atoms with Gasteiger partial charge in [0.15, 0.2) is 0 Å². The average Bonchev–Trinajstić information content (AvgIpc) is 2.73. The third-order valence-corrected chi connectivity index (χ3v) is 5.31. The first kappa shape index (κ1) is 30.6. The maximum Gasteiger partial charge on any atom is 0.326 e. The molecule has 0 bridgehead atoms. The van der Waals surface area contributed by atoms with Gasteiger partial charge in [0, 0.05) is 0 Å². The van der Waals surface area contributed by atoms with Crippen molar-refractivity contribution >= 4 is 41.4 Å². The summed E-state index contributed by atoms with van der Waals surface area (Å²) in [6.45, 7) is 1.71. The minimum atomic E-state index is -1.55. The summed E-state index contributed by atoms with van der Waals surface area (Å²) in [4.78, 5) is 60.2. The van der Waals surface area contributed by atoms with Crippen LogP contribution in [0.25, 0.3) is 0 Å². The Morgan fingerprint density at radius 2 is 1.42 bits per heavy atom. The topological polar surface area (TPSA) is 240 Å². The Hall–Kier alpha value is -2.42. The number of aliphatic carboxylic acids is 1. The molecule has 13 nitrogen and oxygen atoms in total. The van der Waals surface area contributed by atoms with Gasteiger partial charge < -0.3 is 43.4 Å². The molecule has 5 atom stereocenters. The number of nitrogens with one attached hydrogen (secondary N) is 3. The second-order valence-electron chi connectivity index (χ2n) is 7.52. The molecule has 0 radical (unpaired) electrons. The van der Waals surface area contributed by atoms with E-state index >= 15 is 0 Å². The molecule has 5 unspecified atom stereocenters. The van der Waals surface area contributed by atoms with E-state index in [0.717, 1.165) is 0 Å². The smallest absolute Gasteiger partial charge is 0.326 e. The third-order valence-electron chi connectivity index (χ3n) is 4.67. The van der Waals surface area contributed by atoms with E-state index in [1.807, 2.05) is 0 Å². The SMILES string of the molecule is CSCCC(NC(=O)C(CCCCN)NC(=O)C(N)C(C)O)C(=O)NC(CC(N)=O)C(=O)O. The number of amides is 4. The highest BCUT2D eigenvalue weighted by atomic mass is 32.2. The molecule has 0 saturated heterocycles. The molecule has 11 N–H and O–H groups in total. The Kier molecular flexibility index (Phi) is 15.0. The second kappa shape index (κ2) is 16.2. The molecule has 0 heterocycles. The van der Waals surface area contributed by atoms with Gasteiger partial charge >= 0.3 is 5.97 Å². The number of carboxylic acids is 1. The molecule has 0 aliphatic heterocycles. The minimum absolute atomic E-state index is 0.165. The van der Waals surface area contributed by atoms with E-state index in [4.69, 9.17) is 17.2 Å². The van der Waals surface area contributed by atoms with Crippen molar-refractivity contribution in [3.63, 3.8) is 0 Å². The van der Waals surface area contributed by atoms with Crippen molar-refractivity contribution in [1.82, 2.24) is 16.0 Å². The van der Waals surface area contributed by atoms with Crippen molar-refractivity contribution in [2.45, 2.75) is 69.3 Å². The van der Waals surface area contributed by atoms with E-state index in [1.165, 1.54) is 18.7 Å². The van der Waals surface area contributed by atoms with Crippen LogP contribution < -0.4 is 33.2 Å². The number of aliphatic hydroxyl groups is 1. The molecule has 0 saturated carbocycles. The molecule has 14 heteroatoms. The van der Waals surface area contributed by atoms with E-state index in [2.05, 4.69) is 16.0 Å². The van der Waals surface area contributed by atoms with Crippen molar-refractivity contribution < 1.29 is 34.2 Å². The van der Waals surface area contributed by atoms with Crippen LogP contribution in [0, 0.1) is 0 Å². The molecule has 0 aliphatic carbocycles. The van der Waals surface area contributed by atoms with Crippen LogP contribution in [0.5, 0.6) is 0 Å². The number of hydrogen-bond acceptors (Lipinski definition) is 9. The summed E-state index contributed by atoms with van der Waals surface area (Å²) in [7, 11) is 0. The molecule has 0 aromatic carbocycles. The summed E-state index contributed by atoms with van der Waals surface area (Å²) in [5, 5.41) is 25.9. The van der Waals surface area contributed by atoms with E-state index < -0.39 is 66.3 Å². The number of unbranched alkanes of at least 4 members (excludes halogenated alkanes) is 1. The van der Waals surface area contributed by atoms with Gasteiger partial charge in [-0.3, -0.25) is 19.2 Å². The van der Waals surface area contributed by atoms with E-state index in [0.29, 0.717) is 25.1 Å². The summed E-state index contributed by atoms with van der Waals surface area (Å²) in [6, 6.07) is -4.98. The lowest BCUT2D eigenvalue weighted by Gasteiger charge is -2.25. The molecular weight excluding hydrogens is 456 g/mol. The van der Waals surface area contributed by atoms with Crippen LogP contribution in [0.3, 0.4) is 0 Å². The normalized spacial score (nSPS) is 15.4. The number of carbonyl (C=O) groups excluding carboxylic acids is 4. The molecular formula is C19H36N6O7S. The van der Waals surface area contributed by atoms with Crippen molar-refractivity contribution in [1.29, 1.82) is 0 Å². The predicted molar refractivity (Wildman–Crippen MR) is 123 cm³/mol. The highest BCUT2D eigenvalue weighted by Gasteiger charge is 2.31. The zero-order chi connectivity index (χ0) is 25.6. The van der Waals surface area contributed by atoms with Gasteiger partial charge in [0.25, 0.3) is 0 Å². The number of carbonyl (C=O) groups is 5. The largest absolute Gasteiger partial charge is 0.480 e. The fourth-order valence-corrected chi connectivity index (χ4v) is 3.17. The zero-order valence-corrected chi connectivity index (χ0v) is 19.7. The average molecular weight is 493 g/mol. The minimum Gasteiger partial charge on any atom is -0.480 e. The van der Waals surface area contributed by atoms with Gasteiger partial charge in [0.1, 0.15) is 24.2 Å². The first-order valence-electron chi connectivity index (χ1n) is 10.5. The van der Waals surface area contributed by atoms with Crippen LogP contribution in [0.1, 0.15) is 39.0 Å². The number of carboxylic acid groups (broad SMARTS) is 1. The Morgan fingerprint density at radius 1 is 0.909 bits per heavy atom. The lowest BCUT2D eigenvalue weighted by molar-refractivity contribution is -0.143. The lowest BCUT2D eigenvalue weighted by atomic mass is 10.1. The molecule has 0 aliphatic rings. The molecule has 0 rings (SSSR count). The van der Waals surface area contributed by atoms with Gasteiger partial charge in [-0.25, -0.2) is 4.79 Å². The van der Waals surface area contributed by atoms with Gasteiger partial charge in [-0.15, -0.1) is 0 Å². The molecule has 0 fully saturated rings. The fourth-order valence-electron chi connectivity index (χ4n) is 2.70. The Labute approximate surface area is 196 Å². The van der Waals surface area contributed by atoms with Crippen LogP contribution in [-0.2, 0) is 24.0 Å². The predicted octanol–water partition coefficient (Wildman–Crippen LogP) is -3.01. The van der Waals surface area contributed by atoms with Crippen LogP contribution in [0.2, 0.25) is 0 Å². The summed E-state index contributed by atoms with van der Waals surface area (Å²) in [5.74, 6) is -4.13. The van der Waals surface area contributed by atoms with E-state index in [1.54, 1.807) is 6.26 Å². The maximum atomic E-state index is 12.9. The van der Waals surface area contributed by atoms with Gasteiger partial charge in [-0.2, -0.15) is 11.8 Å². The molecule has 33 heavy (non-hydrogen) atoms. The number of aliphatic hydroxyl groups excluding tert-OH is 1. The monoisotopic (exact) mass is 492 g/mol. The van der Waals surface area contributed by atoms with E-state index in [9.17, 15) is 34.2 Å². The van der Waals surface area contributed by atoms with Crippen molar-refractivity contribution in [2.75, 3.05) is 18.6 Å². The number of primary amides is 1. The molecule has 0 aromatic rings. The van der Waals surface area contributed by atoms with Crippen LogP contribution in [0.4, 0.5) is 0 Å². The first-order chi connectivity index (χ1) is 15.4. The Bertz CT molecular complexity index is 679. The standard InChI is InChI=1S/C19H36N6O7S/c1-10(26)15(22)18(30)24-11(5-3-4-7-20)16(28)23-12(6-8-33-2)17(29)25-13(19(31)32)9-14(21)27/h10-13,15,26H,3-9,20,22H2,1-2H3,(H2,21,27)(H,23,28)(H,24,30)(H,25,29)(H,31,32). The van der Waals surface area contributed by atoms with Crippen LogP contribution in [-0.4, -0.2) is 88.6 Å². The van der Waals surface area contributed by atoms with Crippen LogP contribution >= 0.6 is 11.8 Å². The summed E-state index contributed by atoms with van der Waals surface area (Å²) >= 11 is 1.40. The quantitative estimate of drug-likeness (QED) is 0.0956. The van der Waals surface area contributed by atoms with E-state index in [-0.39, 0.29) is 12.8 Å². The summed E-state index contributed by atoms with van der Waals surface area (Å²) in [6.07, 6.45) is 1.49. The number of thioether (sulfide) groups is 1. The van der Waals surface area contributed by atoms with Gasteiger partial charge in [0.2, 0.25) is 23.6 Å². The summed E-state index contributed by atoms with van der Waals surface area (Å²) < 4.78 is 0. The maximum absolute atomic E-state index is 12.9. The first-order valence-corrected chi connectivity index (χ1v) is 11.9. The molecule has 190 valence electrons. The Balaban J connectivity index is 5.48. The highest BCUT2D eigenvalue weighted by molar-refractivity contribution is 7.98. The number of rotatable bonds is 17. The zero-order valence-electron chi connectivity index (χ0n) is 18.9. The highest BCUT2D eigenvalue weighted by Crippen LogP contribution is 2.07. The van der Waals surface area contributed by atoms with Crippen LogP contribution in [0.15, 0.2) is 0 Å². The molecule has 0 spiro atoms. The fraction of sp³-hybridized carbons (Fsp3) is 0.737. The van der Waals surface area contributed by atoms with Gasteiger partial charge in [0.05, 0.1) is 12.5 Å². The second-order valence-corrected chi connectivity index (χ2v) is 8.51. The molecule has 0 aromatic heterocycles. The Morgan fingerprint density at radius 3 is 1.88 bits per heavy atom. The lowest BCUT2D eigenvalue weighted by Crippen LogP contribution is -2.58. The number of nitrogens with two attached hydrogens (primary N) is 3. The van der Waals surface area contributed by atoms with Gasteiger partial charge in [-0.05, 0) is 51.2 Å². The summed E-state index contributed by atoms with van der Waals surface area (Å²) in [5.41, 5.74) is 16.1. The third kappa shape index (κ3) is 12.4. The van der Waals surface area contributed by atoms with Gasteiger partial charge in [-0.1, -0.05) is 0 Å². The number of hydrogen-bond donors (Lipinski definition) is 8. The van der Waals surface area contributed by atoms with Crippen molar-refractivity contribution in [2.24, 2.45) is 17.2 Å².